The van der Waals surface area contributed by atoms with Crippen molar-refractivity contribution in [2.75, 3.05) is 0 Å². The third kappa shape index (κ3) is 1.93. The maximum atomic E-state index is 11.9. The smallest absolute Gasteiger partial charge is 0.244 e. The highest BCUT2D eigenvalue weighted by atomic mass is 35.5. The number of carbonyl (C=O) groups is 2. The molecule has 2 atom stereocenters. The van der Waals surface area contributed by atoms with Crippen LogP contribution in [0, 0.1) is 34.5 Å². The number of benzene rings is 1. The van der Waals surface area contributed by atoms with Gasteiger partial charge >= 0.3 is 0 Å². The molecule has 0 spiro atoms. The summed E-state index contributed by atoms with van der Waals surface area (Å²) in [6.07, 6.45) is 0. The lowest BCUT2D eigenvalue weighted by atomic mass is 9.62. The van der Waals surface area contributed by atoms with Gasteiger partial charge in [0.15, 0.2) is 0 Å². The maximum Gasteiger partial charge on any atom is 0.244 e. The van der Waals surface area contributed by atoms with Crippen molar-refractivity contribution < 1.29 is 9.59 Å². The number of hydrogen-bond donors (Lipinski definition) is 1. The van der Waals surface area contributed by atoms with Crippen molar-refractivity contribution in [3.05, 3.63) is 34.9 Å². The molecule has 1 saturated heterocycles. The first-order chi connectivity index (χ1) is 9.44. The van der Waals surface area contributed by atoms with Gasteiger partial charge in [0.05, 0.1) is 12.1 Å². The molecule has 6 heteroatoms. The Morgan fingerprint density at radius 3 is 1.95 bits per heavy atom. The van der Waals surface area contributed by atoms with Crippen LogP contribution in [0.25, 0.3) is 0 Å². The fourth-order valence-electron chi connectivity index (χ4n) is 2.50. The second-order valence-corrected chi connectivity index (χ2v) is 5.20. The van der Waals surface area contributed by atoms with Crippen LogP contribution in [0.4, 0.5) is 0 Å². The molecule has 2 rings (SSSR count). The summed E-state index contributed by atoms with van der Waals surface area (Å²) >= 11 is 5.82. The van der Waals surface area contributed by atoms with E-state index in [1.54, 1.807) is 31.2 Å². The van der Waals surface area contributed by atoms with Gasteiger partial charge in [-0.25, -0.2) is 0 Å². The number of nitriles is 2. The van der Waals surface area contributed by atoms with E-state index in [0.29, 0.717) is 10.6 Å². The Labute approximate surface area is 120 Å². The van der Waals surface area contributed by atoms with Crippen molar-refractivity contribution in [3.63, 3.8) is 0 Å². The number of amides is 2. The van der Waals surface area contributed by atoms with Crippen molar-refractivity contribution >= 4 is 23.4 Å². The molecule has 0 aliphatic carbocycles. The van der Waals surface area contributed by atoms with Crippen LogP contribution in [0.15, 0.2) is 24.3 Å². The Hall–Kier alpha value is -2.37. The Morgan fingerprint density at radius 1 is 1.10 bits per heavy atom. The molecule has 5 nitrogen and oxygen atoms in total. The summed E-state index contributed by atoms with van der Waals surface area (Å²) in [4.78, 5) is 23.7. The van der Waals surface area contributed by atoms with E-state index < -0.39 is 29.1 Å². The van der Waals surface area contributed by atoms with E-state index in [2.05, 4.69) is 5.32 Å². The Balaban J connectivity index is 2.65. The number of nitrogens with zero attached hydrogens (tertiary/aromatic N) is 2. The number of imide groups is 1. The number of halogens is 1. The first-order valence-electron chi connectivity index (χ1n) is 5.85. The normalized spacial score (nSPS) is 24.4. The molecular weight excluding hydrogens is 278 g/mol. The lowest BCUT2D eigenvalue weighted by molar-refractivity contribution is -0.140. The lowest BCUT2D eigenvalue weighted by Gasteiger charge is -2.39. The fraction of sp³-hybridized carbons (Fsp3) is 0.286. The van der Waals surface area contributed by atoms with E-state index in [9.17, 15) is 20.1 Å². The molecule has 1 aliphatic rings. The fourth-order valence-corrected chi connectivity index (χ4v) is 2.63. The zero-order valence-corrected chi connectivity index (χ0v) is 11.3. The largest absolute Gasteiger partial charge is 0.294 e. The Morgan fingerprint density at radius 2 is 1.55 bits per heavy atom. The third-order valence-electron chi connectivity index (χ3n) is 3.69. The molecule has 1 aliphatic heterocycles. The third-order valence-corrected chi connectivity index (χ3v) is 3.95. The molecule has 0 saturated carbocycles. The van der Waals surface area contributed by atoms with Gasteiger partial charge in [-0.05, 0) is 17.7 Å². The summed E-state index contributed by atoms with van der Waals surface area (Å²) in [5.41, 5.74) is -0.642. The minimum absolute atomic E-state index is 0.492. The van der Waals surface area contributed by atoms with Gasteiger partial charge in [-0.2, -0.15) is 10.5 Å². The van der Waals surface area contributed by atoms with Gasteiger partial charge in [-0.3, -0.25) is 14.9 Å². The second kappa shape index (κ2) is 4.96. The summed E-state index contributed by atoms with van der Waals surface area (Å²) < 4.78 is 0. The van der Waals surface area contributed by atoms with Crippen molar-refractivity contribution in [1.29, 1.82) is 10.5 Å². The Bertz CT molecular complexity index is 622. The zero-order valence-electron chi connectivity index (χ0n) is 10.6. The van der Waals surface area contributed by atoms with Gasteiger partial charge in [0.25, 0.3) is 0 Å². The standard InChI is InChI=1S/C14H10ClN3O2/c1-14(8-2-4-9(15)5-3-8)10(6-16)12(19)18-13(20)11(14)7-17/h2-5,10-11H,1H3,(H,18,19,20)/t10-,11-/m1/s1. The SMILES string of the molecule is CC1(c2ccc(Cl)cc2)[C@H](C#N)C(=O)NC(=O)[C@H]1C#N. The van der Waals surface area contributed by atoms with Crippen LogP contribution in [-0.2, 0) is 15.0 Å². The summed E-state index contributed by atoms with van der Waals surface area (Å²) in [6.45, 7) is 1.58. The summed E-state index contributed by atoms with van der Waals surface area (Å²) in [7, 11) is 0. The predicted molar refractivity (Wildman–Crippen MR) is 70.2 cm³/mol. The molecule has 1 aromatic rings. The number of piperidine rings is 1. The van der Waals surface area contributed by atoms with E-state index in [1.807, 2.05) is 12.1 Å². The second-order valence-electron chi connectivity index (χ2n) is 4.77. The molecule has 20 heavy (non-hydrogen) atoms. The van der Waals surface area contributed by atoms with Crippen LogP contribution >= 0.6 is 11.6 Å². The highest BCUT2D eigenvalue weighted by Gasteiger charge is 2.54. The monoisotopic (exact) mass is 287 g/mol. The van der Waals surface area contributed by atoms with E-state index >= 15 is 0 Å². The lowest BCUT2D eigenvalue weighted by Crippen LogP contribution is -2.58. The quantitative estimate of drug-likeness (QED) is 0.793. The van der Waals surface area contributed by atoms with Gasteiger partial charge in [-0.1, -0.05) is 30.7 Å². The number of carbonyl (C=O) groups excluding carboxylic acids is 2. The van der Waals surface area contributed by atoms with E-state index in [4.69, 9.17) is 11.6 Å². The van der Waals surface area contributed by atoms with Gasteiger partial charge in [0, 0.05) is 10.4 Å². The van der Waals surface area contributed by atoms with Crippen LogP contribution in [0.1, 0.15) is 12.5 Å². The van der Waals surface area contributed by atoms with E-state index in [0.717, 1.165) is 0 Å². The minimum atomic E-state index is -1.20. The van der Waals surface area contributed by atoms with Crippen LogP contribution in [0.3, 0.4) is 0 Å². The van der Waals surface area contributed by atoms with Crippen molar-refractivity contribution in [1.82, 2.24) is 5.32 Å². The van der Waals surface area contributed by atoms with Gasteiger partial charge < -0.3 is 0 Å². The maximum absolute atomic E-state index is 11.9. The van der Waals surface area contributed by atoms with Gasteiger partial charge in [0.2, 0.25) is 11.8 Å². The molecule has 0 aromatic heterocycles. The number of rotatable bonds is 1. The summed E-state index contributed by atoms with van der Waals surface area (Å²) in [5, 5.41) is 21.1. The van der Waals surface area contributed by atoms with Crippen LogP contribution in [0.2, 0.25) is 5.02 Å². The average Bonchev–Trinajstić information content (AvgIpc) is 2.39. The topological polar surface area (TPSA) is 93.8 Å². The first kappa shape index (κ1) is 14.0. The van der Waals surface area contributed by atoms with E-state index in [-0.39, 0.29) is 0 Å². The molecule has 1 fully saturated rings. The molecule has 2 amide bonds. The Kier molecular flexibility index (Phi) is 3.48. The highest BCUT2D eigenvalue weighted by Crippen LogP contribution is 2.42. The molecule has 1 heterocycles. The van der Waals surface area contributed by atoms with Crippen molar-refractivity contribution in [2.45, 2.75) is 12.3 Å². The van der Waals surface area contributed by atoms with Gasteiger partial charge in [0.1, 0.15) is 11.8 Å². The van der Waals surface area contributed by atoms with Crippen molar-refractivity contribution in [2.24, 2.45) is 11.8 Å². The van der Waals surface area contributed by atoms with Crippen molar-refractivity contribution in [3.8, 4) is 12.1 Å². The van der Waals surface area contributed by atoms with Crippen LogP contribution in [0.5, 0.6) is 0 Å². The zero-order chi connectivity index (χ0) is 14.9. The molecule has 0 radical (unpaired) electrons. The highest BCUT2D eigenvalue weighted by molar-refractivity contribution is 6.30. The van der Waals surface area contributed by atoms with E-state index in [1.165, 1.54) is 0 Å². The predicted octanol–water partition coefficient (Wildman–Crippen LogP) is 1.53. The molecule has 1 N–H and O–H groups in total. The molecule has 100 valence electrons. The summed E-state index contributed by atoms with van der Waals surface area (Å²) in [5.74, 6) is -3.60. The first-order valence-corrected chi connectivity index (χ1v) is 6.23. The average molecular weight is 288 g/mol. The van der Waals surface area contributed by atoms with Gasteiger partial charge in [-0.15, -0.1) is 0 Å². The van der Waals surface area contributed by atoms with Crippen LogP contribution in [-0.4, -0.2) is 11.8 Å². The molecule has 1 aromatic carbocycles. The molecule has 0 bridgehead atoms. The summed E-state index contributed by atoms with van der Waals surface area (Å²) in [6, 6.07) is 10.2. The number of nitrogens with one attached hydrogen (secondary N) is 1. The minimum Gasteiger partial charge on any atom is -0.294 e. The molecule has 0 unspecified atom stereocenters. The number of hydrogen-bond acceptors (Lipinski definition) is 4. The van der Waals surface area contributed by atoms with Crippen LogP contribution < -0.4 is 5.32 Å². The molecular formula is C14H10ClN3O2.